The Morgan fingerprint density at radius 3 is 2.47 bits per heavy atom. The highest BCUT2D eigenvalue weighted by Crippen LogP contribution is 2.50. The minimum Gasteiger partial charge on any atom is -0.375 e. The van der Waals surface area contributed by atoms with Crippen LogP contribution in [-0.4, -0.2) is 18.0 Å². The van der Waals surface area contributed by atoms with Gasteiger partial charge in [0.1, 0.15) is 0 Å². The van der Waals surface area contributed by atoms with E-state index in [0.29, 0.717) is 5.78 Å². The third-order valence-corrected chi connectivity index (χ3v) is 4.60. The fourth-order valence-electron chi connectivity index (χ4n) is 3.45. The van der Waals surface area contributed by atoms with Crippen molar-refractivity contribution < 1.29 is 9.53 Å². The van der Waals surface area contributed by atoms with Crippen LogP contribution in [0.1, 0.15) is 44.9 Å². The van der Waals surface area contributed by atoms with Crippen LogP contribution in [0.4, 0.5) is 0 Å². The predicted octanol–water partition coefficient (Wildman–Crippen LogP) is 2.63. The number of allylic oxidation sites excluding steroid dienone is 2. The van der Waals surface area contributed by atoms with Gasteiger partial charge in [-0.2, -0.15) is 0 Å². The molecule has 2 spiro atoms. The van der Waals surface area contributed by atoms with Crippen LogP contribution in [0, 0.1) is 5.41 Å². The van der Waals surface area contributed by atoms with E-state index in [1.54, 1.807) is 6.08 Å². The van der Waals surface area contributed by atoms with E-state index in [2.05, 4.69) is 6.08 Å². The quantitative estimate of drug-likeness (QED) is 0.609. The van der Waals surface area contributed by atoms with Crippen molar-refractivity contribution in [1.29, 1.82) is 0 Å². The minimum absolute atomic E-state index is 0.0167. The molecule has 1 aliphatic heterocycles. The molecule has 3 aliphatic rings. The molecule has 2 heteroatoms. The largest absolute Gasteiger partial charge is 0.375 e. The Morgan fingerprint density at radius 2 is 1.93 bits per heavy atom. The van der Waals surface area contributed by atoms with Crippen LogP contribution >= 0.6 is 0 Å². The molecule has 1 saturated carbocycles. The predicted molar refractivity (Wildman–Crippen MR) is 57.6 cm³/mol. The van der Waals surface area contributed by atoms with E-state index in [4.69, 9.17) is 4.74 Å². The monoisotopic (exact) mass is 206 g/mol. The molecule has 0 unspecified atom stereocenters. The Kier molecular flexibility index (Phi) is 2.03. The summed E-state index contributed by atoms with van der Waals surface area (Å²) in [6.07, 6.45) is 11.5. The Hall–Kier alpha value is -0.630. The van der Waals surface area contributed by atoms with Crippen molar-refractivity contribution in [2.75, 3.05) is 6.61 Å². The molecule has 0 radical (unpaired) electrons. The van der Waals surface area contributed by atoms with Gasteiger partial charge in [-0.25, -0.2) is 0 Å². The Morgan fingerprint density at radius 1 is 1.13 bits per heavy atom. The molecule has 2 fully saturated rings. The number of ether oxygens (including phenoxy) is 1. The summed E-state index contributed by atoms with van der Waals surface area (Å²) in [7, 11) is 0. The van der Waals surface area contributed by atoms with Crippen LogP contribution in [0.3, 0.4) is 0 Å². The maximum absolute atomic E-state index is 11.8. The summed E-state index contributed by atoms with van der Waals surface area (Å²) in [4.78, 5) is 11.8. The lowest BCUT2D eigenvalue weighted by atomic mass is 9.66. The molecule has 0 aromatic carbocycles. The minimum atomic E-state index is -0.0167. The number of carbonyl (C=O) groups is 1. The van der Waals surface area contributed by atoms with Crippen LogP contribution in [-0.2, 0) is 9.53 Å². The molecule has 1 saturated heterocycles. The third kappa shape index (κ3) is 1.38. The standard InChI is InChI=1S/C13H18O2/c14-11-3-1-4-12(11)6-8-13(9-7-12)5-2-10-15-13/h1,3H,2,4-10H2. The summed E-state index contributed by atoms with van der Waals surface area (Å²) >= 11 is 0. The van der Waals surface area contributed by atoms with Crippen molar-refractivity contribution in [3.8, 4) is 0 Å². The number of rotatable bonds is 0. The van der Waals surface area contributed by atoms with Gasteiger partial charge in [0.2, 0.25) is 0 Å². The van der Waals surface area contributed by atoms with Gasteiger partial charge in [-0.3, -0.25) is 4.79 Å². The molecular formula is C13H18O2. The SMILES string of the molecule is O=C1C=CCC12CCC1(CCCO1)CC2. The first kappa shape index (κ1) is 9.59. The first-order chi connectivity index (χ1) is 7.25. The highest BCUT2D eigenvalue weighted by atomic mass is 16.5. The third-order valence-electron chi connectivity index (χ3n) is 4.60. The van der Waals surface area contributed by atoms with Gasteiger partial charge in [-0.1, -0.05) is 6.08 Å². The van der Waals surface area contributed by atoms with Crippen molar-refractivity contribution in [3.63, 3.8) is 0 Å². The van der Waals surface area contributed by atoms with Crippen molar-refractivity contribution in [2.45, 2.75) is 50.5 Å². The molecule has 0 N–H and O–H groups in total. The highest BCUT2D eigenvalue weighted by molar-refractivity contribution is 5.97. The fraction of sp³-hybridized carbons (Fsp3) is 0.769. The first-order valence-electron chi connectivity index (χ1n) is 6.10. The molecule has 2 nitrogen and oxygen atoms in total. The van der Waals surface area contributed by atoms with Crippen molar-refractivity contribution in [1.82, 2.24) is 0 Å². The Balaban J connectivity index is 1.72. The van der Waals surface area contributed by atoms with Gasteiger partial charge in [0.25, 0.3) is 0 Å². The zero-order valence-electron chi connectivity index (χ0n) is 9.13. The Bertz CT molecular complexity index is 300. The van der Waals surface area contributed by atoms with Crippen LogP contribution in [0.2, 0.25) is 0 Å². The van der Waals surface area contributed by atoms with Gasteiger partial charge >= 0.3 is 0 Å². The zero-order chi connectivity index (χ0) is 10.4. The molecule has 15 heavy (non-hydrogen) atoms. The summed E-state index contributed by atoms with van der Waals surface area (Å²) in [5.41, 5.74) is 0.144. The van der Waals surface area contributed by atoms with E-state index in [1.165, 1.54) is 12.8 Å². The van der Waals surface area contributed by atoms with Crippen LogP contribution in [0.15, 0.2) is 12.2 Å². The van der Waals surface area contributed by atoms with E-state index in [9.17, 15) is 4.79 Å². The number of hydrogen-bond donors (Lipinski definition) is 0. The molecule has 0 bridgehead atoms. The smallest absolute Gasteiger partial charge is 0.161 e. The lowest BCUT2D eigenvalue weighted by Crippen LogP contribution is -2.40. The van der Waals surface area contributed by atoms with E-state index in [0.717, 1.165) is 38.7 Å². The second-order valence-corrected chi connectivity index (χ2v) is 5.39. The van der Waals surface area contributed by atoms with Gasteiger partial charge in [0.15, 0.2) is 5.78 Å². The fourth-order valence-corrected chi connectivity index (χ4v) is 3.45. The topological polar surface area (TPSA) is 26.3 Å². The summed E-state index contributed by atoms with van der Waals surface area (Å²) in [6, 6.07) is 0. The van der Waals surface area contributed by atoms with Crippen LogP contribution in [0.5, 0.6) is 0 Å². The number of ketones is 1. The van der Waals surface area contributed by atoms with Gasteiger partial charge in [-0.15, -0.1) is 0 Å². The first-order valence-corrected chi connectivity index (χ1v) is 6.10. The van der Waals surface area contributed by atoms with Crippen molar-refractivity contribution >= 4 is 5.78 Å². The maximum Gasteiger partial charge on any atom is 0.161 e. The number of hydrogen-bond acceptors (Lipinski definition) is 2. The van der Waals surface area contributed by atoms with Gasteiger partial charge < -0.3 is 4.74 Å². The zero-order valence-corrected chi connectivity index (χ0v) is 9.13. The Labute approximate surface area is 90.7 Å². The van der Waals surface area contributed by atoms with Gasteiger partial charge in [0, 0.05) is 12.0 Å². The second kappa shape index (κ2) is 3.18. The van der Waals surface area contributed by atoms with Crippen molar-refractivity contribution in [3.05, 3.63) is 12.2 Å². The van der Waals surface area contributed by atoms with Crippen LogP contribution < -0.4 is 0 Å². The molecule has 0 atom stereocenters. The van der Waals surface area contributed by atoms with E-state index < -0.39 is 0 Å². The van der Waals surface area contributed by atoms with Crippen LogP contribution in [0.25, 0.3) is 0 Å². The molecule has 0 aromatic heterocycles. The van der Waals surface area contributed by atoms with E-state index in [-0.39, 0.29) is 11.0 Å². The lowest BCUT2D eigenvalue weighted by molar-refractivity contribution is -0.128. The van der Waals surface area contributed by atoms with Gasteiger partial charge in [-0.05, 0) is 51.0 Å². The summed E-state index contributed by atoms with van der Waals surface area (Å²) < 4.78 is 5.89. The lowest BCUT2D eigenvalue weighted by Gasteiger charge is -2.41. The molecule has 0 amide bonds. The molecule has 1 heterocycles. The molecule has 2 aliphatic carbocycles. The molecule has 0 aromatic rings. The average molecular weight is 206 g/mol. The number of carbonyl (C=O) groups excluding carboxylic acids is 1. The summed E-state index contributed by atoms with van der Waals surface area (Å²) in [5, 5.41) is 0. The average Bonchev–Trinajstić information content (AvgIpc) is 2.82. The van der Waals surface area contributed by atoms with E-state index in [1.807, 2.05) is 0 Å². The summed E-state index contributed by atoms with van der Waals surface area (Å²) in [5.74, 6) is 0.371. The van der Waals surface area contributed by atoms with Gasteiger partial charge in [0.05, 0.1) is 5.60 Å². The van der Waals surface area contributed by atoms with Crippen molar-refractivity contribution in [2.24, 2.45) is 5.41 Å². The highest BCUT2D eigenvalue weighted by Gasteiger charge is 2.48. The summed E-state index contributed by atoms with van der Waals surface area (Å²) in [6.45, 7) is 0.930. The van der Waals surface area contributed by atoms with E-state index >= 15 is 0 Å². The second-order valence-electron chi connectivity index (χ2n) is 5.39. The molecule has 82 valence electrons. The maximum atomic E-state index is 11.8. The molecule has 3 rings (SSSR count). The molecular weight excluding hydrogens is 188 g/mol. The normalized spacial score (nSPS) is 44.7.